The van der Waals surface area contributed by atoms with Crippen molar-refractivity contribution in [3.8, 4) is 11.8 Å². The second-order valence-corrected chi connectivity index (χ2v) is 6.66. The summed E-state index contributed by atoms with van der Waals surface area (Å²) in [5.41, 5.74) is 2.53. The van der Waals surface area contributed by atoms with Crippen LogP contribution in [0.3, 0.4) is 0 Å². The summed E-state index contributed by atoms with van der Waals surface area (Å²) in [5.74, 6) is 0.211. The van der Waals surface area contributed by atoms with Gasteiger partial charge in [0.05, 0.1) is 32.9 Å². The number of hydrogen-bond donors (Lipinski definition) is 1. The highest BCUT2D eigenvalue weighted by Gasteiger charge is 2.31. The monoisotopic (exact) mass is 389 g/mol. The number of aryl methyl sites for hydroxylation is 1. The van der Waals surface area contributed by atoms with Crippen LogP contribution in [0.2, 0.25) is 0 Å². The third-order valence-corrected chi connectivity index (χ3v) is 4.76. The Balaban J connectivity index is 1.66. The third-order valence-electron chi connectivity index (χ3n) is 3.82. The van der Waals surface area contributed by atoms with Gasteiger partial charge in [0.1, 0.15) is 5.75 Å². The van der Waals surface area contributed by atoms with Crippen molar-refractivity contribution >= 4 is 43.7 Å². The molecular formula is C17H10F3N5OS. The molecule has 136 valence electrons. The molecule has 0 saturated heterocycles. The number of nitrogens with zero attached hydrogens (tertiary/aromatic N) is 4. The van der Waals surface area contributed by atoms with Gasteiger partial charge in [-0.25, -0.2) is 9.97 Å². The summed E-state index contributed by atoms with van der Waals surface area (Å²) >= 11 is 1.18. The van der Waals surface area contributed by atoms with E-state index in [1.807, 2.05) is 7.05 Å². The average Bonchev–Trinajstić information content (AvgIpc) is 3.13. The highest BCUT2D eigenvalue weighted by Crippen LogP contribution is 2.33. The molecule has 1 N–H and O–H groups in total. The summed E-state index contributed by atoms with van der Waals surface area (Å²) < 4.78 is 43.4. The number of ether oxygens (including phenoxy) is 1. The van der Waals surface area contributed by atoms with Gasteiger partial charge < -0.3 is 14.6 Å². The molecule has 4 rings (SSSR count). The average molecular weight is 389 g/mol. The van der Waals surface area contributed by atoms with E-state index in [2.05, 4.69) is 26.1 Å². The van der Waals surface area contributed by atoms with Gasteiger partial charge in [-0.3, -0.25) is 0 Å². The maximum Gasteiger partial charge on any atom is 0.573 e. The predicted molar refractivity (Wildman–Crippen MR) is 95.0 cm³/mol. The molecule has 0 bridgehead atoms. The fourth-order valence-electron chi connectivity index (χ4n) is 2.63. The zero-order valence-corrected chi connectivity index (χ0v) is 14.5. The van der Waals surface area contributed by atoms with E-state index in [1.54, 1.807) is 22.8 Å². The largest absolute Gasteiger partial charge is 0.573 e. The number of halogens is 3. The van der Waals surface area contributed by atoms with Crippen LogP contribution in [0.25, 0.3) is 21.3 Å². The first-order chi connectivity index (χ1) is 12.8. The molecule has 4 aromatic rings. The maximum absolute atomic E-state index is 12.4. The van der Waals surface area contributed by atoms with Crippen LogP contribution in [-0.4, -0.2) is 20.9 Å². The van der Waals surface area contributed by atoms with Crippen molar-refractivity contribution in [2.75, 3.05) is 5.32 Å². The normalized spacial score (nSPS) is 11.7. The van der Waals surface area contributed by atoms with Crippen molar-refractivity contribution in [1.29, 1.82) is 5.26 Å². The van der Waals surface area contributed by atoms with E-state index in [0.717, 1.165) is 5.52 Å². The quantitative estimate of drug-likeness (QED) is 0.550. The summed E-state index contributed by atoms with van der Waals surface area (Å²) in [4.78, 5) is 8.80. The minimum absolute atomic E-state index is 0.294. The smallest absolute Gasteiger partial charge is 0.406 e. The number of anilines is 2. The van der Waals surface area contributed by atoms with E-state index < -0.39 is 6.36 Å². The molecule has 0 aliphatic carbocycles. The highest BCUT2D eigenvalue weighted by atomic mass is 32.1. The fourth-order valence-corrected chi connectivity index (χ4v) is 3.52. The van der Waals surface area contributed by atoms with Crippen molar-refractivity contribution in [3.05, 3.63) is 42.0 Å². The van der Waals surface area contributed by atoms with Gasteiger partial charge in [0.15, 0.2) is 5.13 Å². The zero-order valence-electron chi connectivity index (χ0n) is 13.7. The SMILES string of the molecule is Cn1c(Nc2nc3ccc(OC(F)(F)F)cc3s2)nc2cc(C#N)ccc21. The Morgan fingerprint density at radius 3 is 2.70 bits per heavy atom. The minimum Gasteiger partial charge on any atom is -0.406 e. The van der Waals surface area contributed by atoms with Gasteiger partial charge >= 0.3 is 6.36 Å². The molecule has 0 aliphatic rings. The second-order valence-electron chi connectivity index (χ2n) is 5.63. The standard InChI is InChI=1S/C17H10F3N5OS/c1-25-13-5-2-9(8-21)6-12(13)22-15(25)24-16-23-11-4-3-10(7-14(11)27-16)26-17(18,19)20/h2-7H,1H3,(H,22,23,24). The number of benzene rings is 2. The summed E-state index contributed by atoms with van der Waals surface area (Å²) in [6.45, 7) is 0. The molecule has 0 amide bonds. The van der Waals surface area contributed by atoms with E-state index in [9.17, 15) is 13.2 Å². The van der Waals surface area contributed by atoms with Crippen LogP contribution in [0.1, 0.15) is 5.56 Å². The molecule has 0 spiro atoms. The molecule has 0 aliphatic heterocycles. The molecule has 2 aromatic carbocycles. The van der Waals surface area contributed by atoms with Crippen LogP contribution < -0.4 is 10.1 Å². The molecular weight excluding hydrogens is 379 g/mol. The molecule has 0 fully saturated rings. The fraction of sp³-hybridized carbons (Fsp3) is 0.118. The number of nitriles is 1. The number of alkyl halides is 3. The Morgan fingerprint density at radius 1 is 1.15 bits per heavy atom. The van der Waals surface area contributed by atoms with Crippen molar-refractivity contribution < 1.29 is 17.9 Å². The summed E-state index contributed by atoms with van der Waals surface area (Å²) in [6.07, 6.45) is -4.74. The van der Waals surface area contributed by atoms with Gasteiger partial charge in [0, 0.05) is 13.1 Å². The Bertz CT molecular complexity index is 1210. The third kappa shape index (κ3) is 3.37. The van der Waals surface area contributed by atoms with Crippen LogP contribution in [0.4, 0.5) is 24.3 Å². The predicted octanol–water partition coefficient (Wildman–Crippen LogP) is 4.70. The van der Waals surface area contributed by atoms with Crippen LogP contribution in [-0.2, 0) is 7.05 Å². The van der Waals surface area contributed by atoms with Gasteiger partial charge in [-0.05, 0) is 30.3 Å². The number of aromatic nitrogens is 3. The summed E-state index contributed by atoms with van der Waals surface area (Å²) in [6, 6.07) is 11.2. The molecule has 0 atom stereocenters. The van der Waals surface area contributed by atoms with Crippen molar-refractivity contribution in [1.82, 2.24) is 14.5 Å². The molecule has 0 unspecified atom stereocenters. The summed E-state index contributed by atoms with van der Waals surface area (Å²) in [7, 11) is 1.81. The lowest BCUT2D eigenvalue weighted by molar-refractivity contribution is -0.274. The first kappa shape index (κ1) is 17.1. The van der Waals surface area contributed by atoms with Gasteiger partial charge in [0.2, 0.25) is 5.95 Å². The molecule has 2 aromatic heterocycles. The highest BCUT2D eigenvalue weighted by molar-refractivity contribution is 7.22. The van der Waals surface area contributed by atoms with E-state index in [-0.39, 0.29) is 5.75 Å². The van der Waals surface area contributed by atoms with Crippen molar-refractivity contribution in [2.45, 2.75) is 6.36 Å². The van der Waals surface area contributed by atoms with Gasteiger partial charge in [-0.15, -0.1) is 13.2 Å². The Kier molecular flexibility index (Phi) is 3.89. The lowest BCUT2D eigenvalue weighted by Crippen LogP contribution is -2.16. The number of nitrogens with one attached hydrogen (secondary N) is 1. The lowest BCUT2D eigenvalue weighted by Gasteiger charge is -2.07. The lowest BCUT2D eigenvalue weighted by atomic mass is 10.2. The Hall–Kier alpha value is -3.32. The maximum atomic E-state index is 12.4. The van der Waals surface area contributed by atoms with Crippen LogP contribution in [0.5, 0.6) is 5.75 Å². The number of imidazole rings is 1. The van der Waals surface area contributed by atoms with Gasteiger partial charge in [0.25, 0.3) is 0 Å². The van der Waals surface area contributed by atoms with E-state index in [0.29, 0.717) is 32.4 Å². The van der Waals surface area contributed by atoms with E-state index in [1.165, 1.54) is 29.5 Å². The van der Waals surface area contributed by atoms with Gasteiger partial charge in [-0.1, -0.05) is 11.3 Å². The first-order valence-corrected chi connectivity index (χ1v) is 8.44. The molecule has 0 radical (unpaired) electrons. The number of thiazole rings is 1. The van der Waals surface area contributed by atoms with Crippen molar-refractivity contribution in [2.24, 2.45) is 7.05 Å². The van der Waals surface area contributed by atoms with Crippen LogP contribution in [0.15, 0.2) is 36.4 Å². The van der Waals surface area contributed by atoms with Crippen LogP contribution in [0, 0.1) is 11.3 Å². The molecule has 27 heavy (non-hydrogen) atoms. The van der Waals surface area contributed by atoms with Crippen molar-refractivity contribution in [3.63, 3.8) is 0 Å². The Morgan fingerprint density at radius 2 is 1.96 bits per heavy atom. The number of hydrogen-bond acceptors (Lipinski definition) is 6. The molecule has 0 saturated carbocycles. The van der Waals surface area contributed by atoms with E-state index in [4.69, 9.17) is 5.26 Å². The van der Waals surface area contributed by atoms with Crippen LogP contribution >= 0.6 is 11.3 Å². The van der Waals surface area contributed by atoms with E-state index >= 15 is 0 Å². The Labute approximate surface area is 154 Å². The second kappa shape index (κ2) is 6.14. The zero-order chi connectivity index (χ0) is 19.2. The minimum atomic E-state index is -4.74. The summed E-state index contributed by atoms with van der Waals surface area (Å²) in [5, 5.41) is 12.5. The molecule has 10 heteroatoms. The number of rotatable bonds is 3. The van der Waals surface area contributed by atoms with Gasteiger partial charge in [-0.2, -0.15) is 5.26 Å². The topological polar surface area (TPSA) is 75.8 Å². The first-order valence-electron chi connectivity index (χ1n) is 7.62. The molecule has 6 nitrogen and oxygen atoms in total. The number of fused-ring (bicyclic) bond motifs is 2. The molecule has 2 heterocycles.